The van der Waals surface area contributed by atoms with Crippen molar-refractivity contribution in [2.45, 2.75) is 0 Å². The van der Waals surface area contributed by atoms with E-state index < -0.39 is 7.95 Å². The minimum atomic E-state index is -0.890. The third kappa shape index (κ3) is 2.66. The number of aromatic hydroxyl groups is 1. The molecule has 0 aromatic heterocycles. The molecule has 1 rings (SSSR count). The zero-order valence-corrected chi connectivity index (χ0v) is 11.7. The number of nitrogen functional groups attached to an aromatic ring is 1. The molecule has 2 nitrogen and oxygen atoms in total. The van der Waals surface area contributed by atoms with Crippen LogP contribution in [0.5, 0.6) is 5.75 Å². The van der Waals surface area contributed by atoms with Gasteiger partial charge in [-0.3, -0.25) is 0 Å². The molecule has 1 aromatic carbocycles. The number of halogens is 2. The Morgan fingerprint density at radius 2 is 2.00 bits per heavy atom. The Morgan fingerprint density at radius 1 is 1.36 bits per heavy atom. The Labute approximate surface area is 91.9 Å². The van der Waals surface area contributed by atoms with Gasteiger partial charge in [0.1, 0.15) is 0 Å². The van der Waals surface area contributed by atoms with Crippen molar-refractivity contribution in [1.29, 1.82) is 0 Å². The van der Waals surface area contributed by atoms with Gasteiger partial charge in [-0.25, -0.2) is 0 Å². The first-order valence-corrected chi connectivity index (χ1v) is 15.2. The predicted octanol–water partition coefficient (Wildman–Crippen LogP) is 1.54. The van der Waals surface area contributed by atoms with Crippen LogP contribution in [0.4, 0.5) is 5.69 Å². The second-order valence-corrected chi connectivity index (χ2v) is 23.7. The van der Waals surface area contributed by atoms with E-state index in [1.807, 2.05) is 12.1 Å². The molecule has 0 saturated heterocycles. The molecular formula is C6H6AsI2NO. The molecule has 60 valence electrons. The number of anilines is 1. The molecule has 0 aliphatic heterocycles. The van der Waals surface area contributed by atoms with E-state index >= 15 is 0 Å². The van der Waals surface area contributed by atoms with Gasteiger partial charge < -0.3 is 0 Å². The second kappa shape index (κ2) is 4.18. The van der Waals surface area contributed by atoms with Gasteiger partial charge in [-0.05, 0) is 0 Å². The van der Waals surface area contributed by atoms with Crippen molar-refractivity contribution >= 4 is 58.2 Å². The molecule has 5 heteroatoms. The van der Waals surface area contributed by atoms with Gasteiger partial charge in [-0.2, -0.15) is 0 Å². The maximum absolute atomic E-state index is 9.11. The molecule has 1 aromatic rings. The molecule has 0 heterocycles. The Balaban J connectivity index is 3.05. The van der Waals surface area contributed by atoms with Gasteiger partial charge >= 0.3 is 93.0 Å². The molecule has 0 aliphatic carbocycles. The Bertz CT molecular complexity index is 267. The first kappa shape index (κ1) is 9.92. The summed E-state index contributed by atoms with van der Waals surface area (Å²) < 4.78 is 1.27. The summed E-state index contributed by atoms with van der Waals surface area (Å²) in [6.45, 7) is 0. The topological polar surface area (TPSA) is 46.2 Å². The van der Waals surface area contributed by atoms with Crippen molar-refractivity contribution < 1.29 is 5.11 Å². The first-order chi connectivity index (χ1) is 5.11. The second-order valence-electron chi connectivity index (χ2n) is 1.98. The van der Waals surface area contributed by atoms with Crippen LogP contribution in [-0.2, 0) is 0 Å². The average molecular weight is 437 g/mol. The molecule has 0 aliphatic rings. The molecule has 0 radical (unpaired) electrons. The van der Waals surface area contributed by atoms with Crippen LogP contribution in [0.25, 0.3) is 0 Å². The van der Waals surface area contributed by atoms with E-state index in [2.05, 4.69) is 40.3 Å². The van der Waals surface area contributed by atoms with E-state index in [1.54, 1.807) is 6.07 Å². The van der Waals surface area contributed by atoms with E-state index in [9.17, 15) is 0 Å². The van der Waals surface area contributed by atoms with E-state index in [0.717, 1.165) is 0 Å². The average Bonchev–Trinajstić information content (AvgIpc) is 1.94. The van der Waals surface area contributed by atoms with Gasteiger partial charge in [-0.15, -0.1) is 0 Å². The molecule has 0 saturated carbocycles. The van der Waals surface area contributed by atoms with Crippen LogP contribution >= 0.6 is 40.3 Å². The first-order valence-electron chi connectivity index (χ1n) is 2.81. The summed E-state index contributed by atoms with van der Waals surface area (Å²) in [6.07, 6.45) is 0. The van der Waals surface area contributed by atoms with Crippen LogP contribution in [0.1, 0.15) is 0 Å². The number of hydrogen-bond acceptors (Lipinski definition) is 2. The quantitative estimate of drug-likeness (QED) is 0.304. The predicted molar refractivity (Wildman–Crippen MR) is 65.9 cm³/mol. The molecule has 0 unspecified atom stereocenters. The molecule has 11 heavy (non-hydrogen) atoms. The number of rotatable bonds is 1. The number of phenolic OH excluding ortho intramolecular Hbond substituents is 1. The van der Waals surface area contributed by atoms with Crippen LogP contribution in [0.3, 0.4) is 0 Å². The van der Waals surface area contributed by atoms with E-state index in [0.29, 0.717) is 5.69 Å². The monoisotopic (exact) mass is 437 g/mol. The third-order valence-electron chi connectivity index (χ3n) is 1.21. The normalized spacial score (nSPS) is 10.5. The Hall–Kier alpha value is 0.838. The van der Waals surface area contributed by atoms with Crippen molar-refractivity contribution in [1.82, 2.24) is 0 Å². The summed E-state index contributed by atoms with van der Waals surface area (Å²) in [4.78, 5) is 0. The number of hydrogen-bond donors (Lipinski definition) is 2. The Morgan fingerprint density at radius 3 is 2.45 bits per heavy atom. The molecule has 0 spiro atoms. The molecule has 0 fully saturated rings. The van der Waals surface area contributed by atoms with Crippen molar-refractivity contribution in [2.24, 2.45) is 0 Å². The van der Waals surface area contributed by atoms with Crippen LogP contribution < -0.4 is 10.1 Å². The molecule has 3 N–H and O–H groups in total. The summed E-state index contributed by atoms with van der Waals surface area (Å²) >= 11 is 4.86. The molecule has 0 amide bonds. The molecule has 0 atom stereocenters. The van der Waals surface area contributed by atoms with Gasteiger partial charge in [-0.1, -0.05) is 0 Å². The third-order valence-corrected chi connectivity index (χ3v) is 8.40. The van der Waals surface area contributed by atoms with Gasteiger partial charge in [0.25, 0.3) is 0 Å². The summed E-state index contributed by atoms with van der Waals surface area (Å²) in [5.74, 6) is 0.178. The van der Waals surface area contributed by atoms with Gasteiger partial charge in [0.2, 0.25) is 0 Å². The Kier molecular flexibility index (Phi) is 3.77. The molecule has 0 bridgehead atoms. The van der Waals surface area contributed by atoms with Crippen molar-refractivity contribution in [3.05, 3.63) is 18.2 Å². The minimum absolute atomic E-state index is 0.178. The zero-order valence-electron chi connectivity index (χ0n) is 5.46. The number of nitrogens with two attached hydrogens (primary N) is 1. The fourth-order valence-corrected chi connectivity index (χ4v) is 4.65. The van der Waals surface area contributed by atoms with E-state index in [4.69, 9.17) is 10.8 Å². The van der Waals surface area contributed by atoms with E-state index in [1.165, 1.54) is 4.35 Å². The van der Waals surface area contributed by atoms with Crippen LogP contribution in [0.15, 0.2) is 18.2 Å². The van der Waals surface area contributed by atoms with Crippen molar-refractivity contribution in [3.8, 4) is 5.75 Å². The fraction of sp³-hybridized carbons (Fsp3) is 0. The number of phenols is 1. The summed E-state index contributed by atoms with van der Waals surface area (Å²) in [7, 11) is -0.890. The van der Waals surface area contributed by atoms with Crippen LogP contribution in [-0.4, -0.2) is 13.1 Å². The number of benzene rings is 1. The van der Waals surface area contributed by atoms with Gasteiger partial charge in [0.15, 0.2) is 0 Å². The summed E-state index contributed by atoms with van der Waals surface area (Å²) in [6, 6.07) is 5.45. The fourth-order valence-electron chi connectivity index (χ4n) is 0.647. The summed E-state index contributed by atoms with van der Waals surface area (Å²) in [5, 5.41) is 9.11. The van der Waals surface area contributed by atoms with E-state index in [-0.39, 0.29) is 5.75 Å². The zero-order chi connectivity index (χ0) is 8.43. The standard InChI is InChI=1S/C6H6AsI2NO/c8-7(9)4-1-2-6(11)5(10)3-4/h1-3,11H,10H2. The van der Waals surface area contributed by atoms with Crippen LogP contribution in [0.2, 0.25) is 0 Å². The SMILES string of the molecule is Nc1cc([As](I)I)ccc1O. The maximum atomic E-state index is 9.11. The summed E-state index contributed by atoms with van der Waals surface area (Å²) in [5.41, 5.74) is 6.01. The molecular weight excluding hydrogens is 431 g/mol. The van der Waals surface area contributed by atoms with Gasteiger partial charge in [0.05, 0.1) is 0 Å². The van der Waals surface area contributed by atoms with Crippen LogP contribution in [0, 0.1) is 0 Å². The van der Waals surface area contributed by atoms with Crippen molar-refractivity contribution in [2.75, 3.05) is 5.73 Å². The van der Waals surface area contributed by atoms with Crippen molar-refractivity contribution in [3.63, 3.8) is 0 Å². The van der Waals surface area contributed by atoms with Gasteiger partial charge in [0, 0.05) is 0 Å².